The van der Waals surface area contributed by atoms with E-state index in [1.54, 1.807) is 6.26 Å². The molecule has 0 bridgehead atoms. The van der Waals surface area contributed by atoms with Gasteiger partial charge in [0.25, 0.3) is 0 Å². The van der Waals surface area contributed by atoms with Crippen LogP contribution in [0.2, 0.25) is 0 Å². The maximum atomic E-state index is 5.71. The van der Waals surface area contributed by atoms with Gasteiger partial charge in [0.15, 0.2) is 5.96 Å². The third-order valence-corrected chi connectivity index (χ3v) is 5.19. The minimum absolute atomic E-state index is 0.282. The van der Waals surface area contributed by atoms with E-state index in [0.717, 1.165) is 50.7 Å². The molecule has 3 rings (SSSR count). The van der Waals surface area contributed by atoms with Gasteiger partial charge in [-0.25, -0.2) is 0 Å². The van der Waals surface area contributed by atoms with Gasteiger partial charge in [0, 0.05) is 38.7 Å². The summed E-state index contributed by atoms with van der Waals surface area (Å²) >= 11 is 0. The quantitative estimate of drug-likeness (QED) is 0.549. The fourth-order valence-electron chi connectivity index (χ4n) is 3.70. The summed E-state index contributed by atoms with van der Waals surface area (Å²) in [7, 11) is 0. The van der Waals surface area contributed by atoms with E-state index in [4.69, 9.17) is 14.1 Å². The Balaban J connectivity index is 1.47. The zero-order valence-corrected chi connectivity index (χ0v) is 16.1. The lowest BCUT2D eigenvalue weighted by molar-refractivity contribution is 0.117. The molecule has 26 heavy (non-hydrogen) atoms. The van der Waals surface area contributed by atoms with Crippen molar-refractivity contribution in [1.29, 1.82) is 0 Å². The van der Waals surface area contributed by atoms with Crippen LogP contribution in [0.5, 0.6) is 0 Å². The molecular weight excluding hydrogens is 328 g/mol. The van der Waals surface area contributed by atoms with E-state index in [1.165, 1.54) is 38.9 Å². The van der Waals surface area contributed by atoms with Gasteiger partial charge in [-0.15, -0.1) is 0 Å². The maximum absolute atomic E-state index is 5.71. The normalized spacial score (nSPS) is 22.7. The van der Waals surface area contributed by atoms with Crippen LogP contribution in [0.1, 0.15) is 44.8 Å². The van der Waals surface area contributed by atoms with Crippen molar-refractivity contribution in [1.82, 2.24) is 15.5 Å². The predicted molar refractivity (Wildman–Crippen MR) is 105 cm³/mol. The van der Waals surface area contributed by atoms with E-state index in [0.29, 0.717) is 6.04 Å². The average molecular weight is 363 g/mol. The minimum Gasteiger partial charge on any atom is -0.469 e. The van der Waals surface area contributed by atoms with Crippen LogP contribution < -0.4 is 10.6 Å². The van der Waals surface area contributed by atoms with E-state index in [1.807, 2.05) is 12.1 Å². The molecule has 2 saturated heterocycles. The SMILES string of the molecule is CCCN1CCC(NC(=NCC2CCCO2)NCCc2ccco2)CC1. The maximum Gasteiger partial charge on any atom is 0.191 e. The molecule has 1 aromatic rings. The first-order valence-electron chi connectivity index (χ1n) is 10.2. The fourth-order valence-corrected chi connectivity index (χ4v) is 3.70. The summed E-state index contributed by atoms with van der Waals surface area (Å²) in [5.41, 5.74) is 0. The molecule has 6 nitrogen and oxygen atoms in total. The van der Waals surface area contributed by atoms with Crippen molar-refractivity contribution in [3.8, 4) is 0 Å². The smallest absolute Gasteiger partial charge is 0.191 e. The van der Waals surface area contributed by atoms with Crippen LogP contribution in [-0.2, 0) is 11.2 Å². The Bertz CT molecular complexity index is 518. The number of likely N-dealkylation sites (tertiary alicyclic amines) is 1. The summed E-state index contributed by atoms with van der Waals surface area (Å²) in [6, 6.07) is 4.45. The molecule has 3 heterocycles. The highest BCUT2D eigenvalue weighted by atomic mass is 16.5. The first-order chi connectivity index (χ1) is 12.8. The topological polar surface area (TPSA) is 62.0 Å². The van der Waals surface area contributed by atoms with Gasteiger partial charge in [-0.3, -0.25) is 4.99 Å². The second kappa shape index (κ2) is 10.6. The Kier molecular flexibility index (Phi) is 7.83. The third kappa shape index (κ3) is 6.32. The number of hydrogen-bond acceptors (Lipinski definition) is 4. The monoisotopic (exact) mass is 362 g/mol. The summed E-state index contributed by atoms with van der Waals surface area (Å²) in [5.74, 6) is 1.92. The third-order valence-electron chi connectivity index (χ3n) is 5.19. The van der Waals surface area contributed by atoms with Crippen LogP contribution in [0.25, 0.3) is 0 Å². The zero-order valence-electron chi connectivity index (χ0n) is 16.1. The second-order valence-corrected chi connectivity index (χ2v) is 7.34. The lowest BCUT2D eigenvalue weighted by Crippen LogP contribution is -2.49. The number of guanidine groups is 1. The molecule has 1 aromatic heterocycles. The Morgan fingerprint density at radius 3 is 2.88 bits per heavy atom. The highest BCUT2D eigenvalue weighted by Gasteiger charge is 2.20. The van der Waals surface area contributed by atoms with Gasteiger partial charge < -0.3 is 24.7 Å². The van der Waals surface area contributed by atoms with Gasteiger partial charge in [-0.05, 0) is 50.8 Å². The van der Waals surface area contributed by atoms with Gasteiger partial charge in [0.2, 0.25) is 0 Å². The number of nitrogens with one attached hydrogen (secondary N) is 2. The Morgan fingerprint density at radius 1 is 1.31 bits per heavy atom. The molecule has 6 heteroatoms. The number of furan rings is 1. The molecule has 0 saturated carbocycles. The average Bonchev–Trinajstić information content (AvgIpc) is 3.35. The van der Waals surface area contributed by atoms with Crippen LogP contribution in [0.3, 0.4) is 0 Å². The Hall–Kier alpha value is -1.53. The molecule has 2 N–H and O–H groups in total. The zero-order chi connectivity index (χ0) is 18.0. The number of nitrogens with zero attached hydrogens (tertiary/aromatic N) is 2. The summed E-state index contributed by atoms with van der Waals surface area (Å²) in [5, 5.41) is 7.12. The van der Waals surface area contributed by atoms with Crippen molar-refractivity contribution < 1.29 is 9.15 Å². The Labute approximate surface area is 157 Å². The predicted octanol–water partition coefficient (Wildman–Crippen LogP) is 2.41. The molecule has 1 unspecified atom stereocenters. The van der Waals surface area contributed by atoms with Crippen molar-refractivity contribution in [3.63, 3.8) is 0 Å². The van der Waals surface area contributed by atoms with Gasteiger partial charge in [-0.1, -0.05) is 6.92 Å². The summed E-state index contributed by atoms with van der Waals surface area (Å²) < 4.78 is 11.1. The molecule has 2 aliphatic heterocycles. The lowest BCUT2D eigenvalue weighted by atomic mass is 10.1. The largest absolute Gasteiger partial charge is 0.469 e. The van der Waals surface area contributed by atoms with E-state index in [-0.39, 0.29) is 6.10 Å². The van der Waals surface area contributed by atoms with Crippen LogP contribution >= 0.6 is 0 Å². The molecule has 0 radical (unpaired) electrons. The van der Waals surface area contributed by atoms with Crippen molar-refractivity contribution in [2.24, 2.45) is 4.99 Å². The van der Waals surface area contributed by atoms with Crippen molar-refractivity contribution >= 4 is 5.96 Å². The molecule has 146 valence electrons. The van der Waals surface area contributed by atoms with Crippen molar-refractivity contribution in [3.05, 3.63) is 24.2 Å². The van der Waals surface area contributed by atoms with E-state index in [2.05, 4.69) is 22.5 Å². The van der Waals surface area contributed by atoms with Gasteiger partial charge >= 0.3 is 0 Å². The van der Waals surface area contributed by atoms with Gasteiger partial charge in [-0.2, -0.15) is 0 Å². The molecule has 1 atom stereocenters. The molecule has 0 spiro atoms. The van der Waals surface area contributed by atoms with Crippen molar-refractivity contribution in [2.75, 3.05) is 39.3 Å². The Morgan fingerprint density at radius 2 is 2.19 bits per heavy atom. The summed E-state index contributed by atoms with van der Waals surface area (Å²) in [6.45, 7) is 8.26. The molecular formula is C20H34N4O2. The molecule has 0 aromatic carbocycles. The van der Waals surface area contributed by atoms with E-state index < -0.39 is 0 Å². The number of piperidine rings is 1. The second-order valence-electron chi connectivity index (χ2n) is 7.34. The summed E-state index contributed by atoms with van der Waals surface area (Å²) in [4.78, 5) is 7.36. The van der Waals surface area contributed by atoms with Gasteiger partial charge in [0.1, 0.15) is 5.76 Å². The van der Waals surface area contributed by atoms with E-state index >= 15 is 0 Å². The van der Waals surface area contributed by atoms with Crippen molar-refractivity contribution in [2.45, 2.75) is 57.6 Å². The molecule has 2 fully saturated rings. The first-order valence-corrected chi connectivity index (χ1v) is 10.2. The molecule has 2 aliphatic rings. The number of rotatable bonds is 8. The standard InChI is InChI=1S/C20H34N4O2/c1-2-11-24-12-8-17(9-13-24)23-20(22-16-19-6-4-15-26-19)21-10-7-18-5-3-14-25-18/h3,5,14,17,19H,2,4,6-13,15-16H2,1H3,(H2,21,22,23). The lowest BCUT2D eigenvalue weighted by Gasteiger charge is -2.33. The summed E-state index contributed by atoms with van der Waals surface area (Å²) in [6.07, 6.45) is 8.75. The number of aliphatic imine (C=N–C) groups is 1. The van der Waals surface area contributed by atoms with Gasteiger partial charge in [0.05, 0.1) is 18.9 Å². The van der Waals surface area contributed by atoms with Crippen LogP contribution in [0.15, 0.2) is 27.8 Å². The van der Waals surface area contributed by atoms with E-state index in [9.17, 15) is 0 Å². The first kappa shape index (κ1) is 19.2. The number of ether oxygens (including phenoxy) is 1. The van der Waals surface area contributed by atoms with Crippen LogP contribution in [0.4, 0.5) is 0 Å². The molecule has 0 aliphatic carbocycles. The minimum atomic E-state index is 0.282. The van der Waals surface area contributed by atoms with Crippen LogP contribution in [-0.4, -0.2) is 62.3 Å². The number of hydrogen-bond donors (Lipinski definition) is 2. The highest BCUT2D eigenvalue weighted by molar-refractivity contribution is 5.80. The highest BCUT2D eigenvalue weighted by Crippen LogP contribution is 2.13. The van der Waals surface area contributed by atoms with Crippen LogP contribution in [0, 0.1) is 0 Å². The fraction of sp³-hybridized carbons (Fsp3) is 0.750. The molecule has 0 amide bonds.